The molecule has 0 aliphatic carbocycles. The number of nitrogens with two attached hydrogens (primary N) is 1. The van der Waals surface area contributed by atoms with E-state index < -0.39 is 0 Å². The van der Waals surface area contributed by atoms with Crippen LogP contribution in [0.3, 0.4) is 0 Å². The molecule has 0 radical (unpaired) electrons. The molecule has 0 spiro atoms. The maximum Gasteiger partial charge on any atom is 0.0358 e. The van der Waals surface area contributed by atoms with Crippen LogP contribution in [0.1, 0.15) is 53.4 Å². The Kier molecular flexibility index (Phi) is 6.61. The smallest absolute Gasteiger partial charge is 0.0358 e. The fourth-order valence-electron chi connectivity index (χ4n) is 3.40. The Morgan fingerprint density at radius 1 is 1.17 bits per heavy atom. The average Bonchev–Trinajstić information content (AvgIpc) is 2.37. The molecular formula is C15H33N3. The molecule has 0 bridgehead atoms. The Bertz CT molecular complexity index is 220. The van der Waals surface area contributed by atoms with Crippen molar-refractivity contribution < 1.29 is 0 Å². The van der Waals surface area contributed by atoms with Crippen LogP contribution in [0.4, 0.5) is 0 Å². The molecule has 1 fully saturated rings. The molecule has 108 valence electrons. The van der Waals surface area contributed by atoms with Crippen LogP contribution in [0.2, 0.25) is 0 Å². The fourth-order valence-corrected chi connectivity index (χ4v) is 3.40. The van der Waals surface area contributed by atoms with E-state index in [2.05, 4.69) is 37.5 Å². The first-order valence-corrected chi connectivity index (χ1v) is 7.78. The van der Waals surface area contributed by atoms with Crippen LogP contribution in [0.15, 0.2) is 0 Å². The highest BCUT2D eigenvalue weighted by Gasteiger charge is 2.39. The van der Waals surface area contributed by atoms with Crippen molar-refractivity contribution in [2.45, 2.75) is 65.0 Å². The summed E-state index contributed by atoms with van der Waals surface area (Å²) < 4.78 is 0. The Balaban J connectivity index is 2.68. The first-order valence-electron chi connectivity index (χ1n) is 7.78. The Morgan fingerprint density at radius 3 is 2.17 bits per heavy atom. The summed E-state index contributed by atoms with van der Waals surface area (Å²) in [6.45, 7) is 14.8. The van der Waals surface area contributed by atoms with Crippen LogP contribution in [0, 0.1) is 0 Å². The number of hydrogen-bond donors (Lipinski definition) is 1. The number of hydrogen-bond acceptors (Lipinski definition) is 3. The lowest BCUT2D eigenvalue weighted by Gasteiger charge is -2.50. The quantitative estimate of drug-likeness (QED) is 0.758. The molecule has 0 aromatic heterocycles. The molecule has 1 aliphatic heterocycles. The first kappa shape index (κ1) is 15.9. The molecule has 0 saturated carbocycles. The standard InChI is InChI=1S/C15H33N3/c1-5-9-17-11-7-15(13-16,8-12-17)18(10-6-2)14(3)4/h14H,5-13,16H2,1-4H3. The van der Waals surface area contributed by atoms with Gasteiger partial charge in [0.05, 0.1) is 0 Å². The molecule has 1 aliphatic rings. The molecule has 3 heteroatoms. The van der Waals surface area contributed by atoms with Crippen molar-refractivity contribution in [1.82, 2.24) is 9.80 Å². The molecule has 0 aromatic carbocycles. The van der Waals surface area contributed by atoms with Gasteiger partial charge in [-0.25, -0.2) is 0 Å². The molecule has 1 saturated heterocycles. The monoisotopic (exact) mass is 255 g/mol. The maximum atomic E-state index is 6.17. The second-order valence-electron chi connectivity index (χ2n) is 6.06. The molecule has 3 nitrogen and oxygen atoms in total. The second-order valence-corrected chi connectivity index (χ2v) is 6.06. The van der Waals surface area contributed by atoms with Crippen LogP contribution in [-0.2, 0) is 0 Å². The van der Waals surface area contributed by atoms with E-state index in [1.165, 1.54) is 51.9 Å². The van der Waals surface area contributed by atoms with E-state index in [4.69, 9.17) is 5.73 Å². The predicted molar refractivity (Wildman–Crippen MR) is 79.9 cm³/mol. The Morgan fingerprint density at radius 2 is 1.78 bits per heavy atom. The van der Waals surface area contributed by atoms with Gasteiger partial charge < -0.3 is 10.6 Å². The molecule has 0 unspecified atom stereocenters. The topological polar surface area (TPSA) is 32.5 Å². The van der Waals surface area contributed by atoms with E-state index in [-0.39, 0.29) is 5.54 Å². The molecule has 0 atom stereocenters. The van der Waals surface area contributed by atoms with Crippen molar-refractivity contribution in [2.75, 3.05) is 32.7 Å². The summed E-state index contributed by atoms with van der Waals surface area (Å²) >= 11 is 0. The van der Waals surface area contributed by atoms with E-state index in [1.54, 1.807) is 0 Å². The minimum absolute atomic E-state index is 0.258. The predicted octanol–water partition coefficient (Wildman–Crippen LogP) is 2.31. The van der Waals surface area contributed by atoms with E-state index in [0.29, 0.717) is 6.04 Å². The van der Waals surface area contributed by atoms with Crippen LogP contribution >= 0.6 is 0 Å². The molecular weight excluding hydrogens is 222 g/mol. The largest absolute Gasteiger partial charge is 0.329 e. The summed E-state index contributed by atoms with van der Waals surface area (Å²) in [5.41, 5.74) is 6.42. The molecule has 1 rings (SSSR count). The number of nitrogens with zero attached hydrogens (tertiary/aromatic N) is 2. The van der Waals surface area contributed by atoms with E-state index in [0.717, 1.165) is 6.54 Å². The molecule has 18 heavy (non-hydrogen) atoms. The first-order chi connectivity index (χ1) is 8.59. The van der Waals surface area contributed by atoms with Crippen LogP contribution < -0.4 is 5.73 Å². The summed E-state index contributed by atoms with van der Waals surface area (Å²) in [5.74, 6) is 0. The van der Waals surface area contributed by atoms with Gasteiger partial charge in [-0.15, -0.1) is 0 Å². The Hall–Kier alpha value is -0.120. The summed E-state index contributed by atoms with van der Waals surface area (Å²) in [7, 11) is 0. The highest BCUT2D eigenvalue weighted by atomic mass is 15.3. The van der Waals surface area contributed by atoms with Crippen LogP contribution in [0.5, 0.6) is 0 Å². The van der Waals surface area contributed by atoms with Crippen molar-refractivity contribution >= 4 is 0 Å². The lowest BCUT2D eigenvalue weighted by atomic mass is 9.84. The van der Waals surface area contributed by atoms with Crippen molar-refractivity contribution in [3.8, 4) is 0 Å². The van der Waals surface area contributed by atoms with Gasteiger partial charge in [-0.3, -0.25) is 4.90 Å². The van der Waals surface area contributed by atoms with Gasteiger partial charge in [0.25, 0.3) is 0 Å². The zero-order valence-electron chi connectivity index (χ0n) is 12.9. The zero-order chi connectivity index (χ0) is 13.6. The van der Waals surface area contributed by atoms with Crippen molar-refractivity contribution in [2.24, 2.45) is 5.73 Å². The molecule has 2 N–H and O–H groups in total. The van der Waals surface area contributed by atoms with Gasteiger partial charge >= 0.3 is 0 Å². The average molecular weight is 255 g/mol. The van der Waals surface area contributed by atoms with Crippen molar-refractivity contribution in [3.05, 3.63) is 0 Å². The van der Waals surface area contributed by atoms with E-state index in [1.807, 2.05) is 0 Å². The van der Waals surface area contributed by atoms with Gasteiger partial charge in [0.1, 0.15) is 0 Å². The minimum atomic E-state index is 0.258. The summed E-state index contributed by atoms with van der Waals surface area (Å²) in [5, 5.41) is 0. The highest BCUT2D eigenvalue weighted by Crippen LogP contribution is 2.30. The molecule has 0 amide bonds. The lowest BCUT2D eigenvalue weighted by molar-refractivity contribution is 0.00575. The highest BCUT2D eigenvalue weighted by molar-refractivity contribution is 4.97. The van der Waals surface area contributed by atoms with Gasteiger partial charge in [-0.1, -0.05) is 13.8 Å². The summed E-state index contributed by atoms with van der Waals surface area (Å²) in [4.78, 5) is 5.26. The van der Waals surface area contributed by atoms with Crippen LogP contribution in [-0.4, -0.2) is 54.1 Å². The Labute approximate surface area is 114 Å². The SMILES string of the molecule is CCCN1CCC(CN)(N(CCC)C(C)C)CC1. The summed E-state index contributed by atoms with van der Waals surface area (Å²) in [6.07, 6.45) is 4.96. The van der Waals surface area contributed by atoms with Gasteiger partial charge in [0.15, 0.2) is 0 Å². The third kappa shape index (κ3) is 3.69. The van der Waals surface area contributed by atoms with Gasteiger partial charge in [-0.05, 0) is 65.7 Å². The van der Waals surface area contributed by atoms with Crippen molar-refractivity contribution in [1.29, 1.82) is 0 Å². The number of rotatable bonds is 7. The number of piperidine rings is 1. The zero-order valence-corrected chi connectivity index (χ0v) is 12.9. The summed E-state index contributed by atoms with van der Waals surface area (Å²) in [6, 6.07) is 0.603. The van der Waals surface area contributed by atoms with Gasteiger partial charge in [-0.2, -0.15) is 0 Å². The lowest BCUT2D eigenvalue weighted by Crippen LogP contribution is -2.61. The fraction of sp³-hybridized carbons (Fsp3) is 1.00. The third-order valence-electron chi connectivity index (χ3n) is 4.40. The maximum absolute atomic E-state index is 6.17. The molecule has 0 aromatic rings. The van der Waals surface area contributed by atoms with Gasteiger partial charge in [0.2, 0.25) is 0 Å². The van der Waals surface area contributed by atoms with E-state index in [9.17, 15) is 0 Å². The molecule has 1 heterocycles. The third-order valence-corrected chi connectivity index (χ3v) is 4.40. The number of likely N-dealkylation sites (tertiary alicyclic amines) is 1. The minimum Gasteiger partial charge on any atom is -0.329 e. The normalized spacial score (nSPS) is 20.8. The van der Waals surface area contributed by atoms with E-state index >= 15 is 0 Å². The van der Waals surface area contributed by atoms with Crippen LogP contribution in [0.25, 0.3) is 0 Å². The van der Waals surface area contributed by atoms with Gasteiger partial charge in [0, 0.05) is 18.1 Å². The van der Waals surface area contributed by atoms with Crippen molar-refractivity contribution in [3.63, 3.8) is 0 Å². The second kappa shape index (κ2) is 7.46.